The Morgan fingerprint density at radius 1 is 1.15 bits per heavy atom. The van der Waals surface area contributed by atoms with Crippen molar-refractivity contribution in [3.05, 3.63) is 46.7 Å². The highest BCUT2D eigenvalue weighted by atomic mass is 35.5. The normalized spacial score (nSPS) is 11.4. The van der Waals surface area contributed by atoms with Crippen LogP contribution in [0.5, 0.6) is 0 Å². The third kappa shape index (κ3) is 6.57. The summed E-state index contributed by atoms with van der Waals surface area (Å²) in [6.45, 7) is 8.65. The second kappa shape index (κ2) is 9.45. The van der Waals surface area contributed by atoms with Gasteiger partial charge in [-0.25, -0.2) is 9.97 Å². The number of benzene rings is 1. The Balaban J connectivity index is 2.12. The molecule has 0 amide bonds. The van der Waals surface area contributed by atoms with Crippen molar-refractivity contribution in [1.82, 2.24) is 15.3 Å². The first-order valence-corrected chi connectivity index (χ1v) is 9.08. The number of aliphatic imine (C=N–C) groups is 1. The highest BCUT2D eigenvalue weighted by molar-refractivity contribution is 7.80. The maximum Gasteiger partial charge on any atom is 0.229 e. The van der Waals surface area contributed by atoms with Gasteiger partial charge in [0, 0.05) is 17.9 Å². The third-order valence-corrected chi connectivity index (χ3v) is 3.71. The molecule has 0 unspecified atom stereocenters. The van der Waals surface area contributed by atoms with E-state index in [2.05, 4.69) is 44.8 Å². The van der Waals surface area contributed by atoms with E-state index >= 15 is 0 Å². The van der Waals surface area contributed by atoms with Crippen LogP contribution in [-0.4, -0.2) is 27.6 Å². The zero-order chi connectivity index (χ0) is 19.1. The summed E-state index contributed by atoms with van der Waals surface area (Å²) in [5, 5.41) is 10.2. The molecule has 2 rings (SSSR count). The largest absolute Gasteiger partial charge is 0.331 e. The summed E-state index contributed by atoms with van der Waals surface area (Å²) in [6.07, 6.45) is 0. The van der Waals surface area contributed by atoms with Crippen molar-refractivity contribution in [2.24, 2.45) is 10.9 Å². The molecule has 1 aromatic heterocycles. The van der Waals surface area contributed by atoms with Gasteiger partial charge >= 0.3 is 0 Å². The average Bonchev–Trinajstić information content (AvgIpc) is 2.54. The average molecular weight is 391 g/mol. The second-order valence-electron chi connectivity index (χ2n) is 6.24. The van der Waals surface area contributed by atoms with E-state index in [0.29, 0.717) is 34.5 Å². The number of guanidine groups is 1. The molecule has 1 heterocycles. The Kier molecular flexibility index (Phi) is 7.29. The van der Waals surface area contributed by atoms with Crippen molar-refractivity contribution in [1.29, 1.82) is 0 Å². The fourth-order valence-electron chi connectivity index (χ4n) is 2.10. The molecule has 0 atom stereocenters. The Morgan fingerprint density at radius 3 is 2.42 bits per heavy atom. The van der Waals surface area contributed by atoms with Gasteiger partial charge in [-0.15, -0.1) is 0 Å². The minimum Gasteiger partial charge on any atom is -0.331 e. The van der Waals surface area contributed by atoms with Gasteiger partial charge < -0.3 is 10.6 Å². The summed E-state index contributed by atoms with van der Waals surface area (Å²) in [6, 6.07) is 9.29. The topological polar surface area (TPSA) is 74.2 Å². The van der Waals surface area contributed by atoms with Gasteiger partial charge in [-0.1, -0.05) is 37.6 Å². The van der Waals surface area contributed by atoms with Gasteiger partial charge in [0.2, 0.25) is 11.9 Å². The van der Waals surface area contributed by atoms with Gasteiger partial charge in [-0.05, 0) is 50.2 Å². The summed E-state index contributed by atoms with van der Waals surface area (Å²) in [4.78, 5) is 13.3. The van der Waals surface area contributed by atoms with Crippen molar-refractivity contribution in [2.75, 3.05) is 17.2 Å². The van der Waals surface area contributed by atoms with Crippen molar-refractivity contribution in [2.45, 2.75) is 27.7 Å². The fourth-order valence-corrected chi connectivity index (χ4v) is 2.49. The molecule has 26 heavy (non-hydrogen) atoms. The van der Waals surface area contributed by atoms with Gasteiger partial charge in [0.05, 0.1) is 10.7 Å². The smallest absolute Gasteiger partial charge is 0.229 e. The van der Waals surface area contributed by atoms with Crippen LogP contribution in [-0.2, 0) is 0 Å². The maximum absolute atomic E-state index is 6.16. The zero-order valence-electron chi connectivity index (χ0n) is 15.3. The predicted octanol–water partition coefficient (Wildman–Crippen LogP) is 4.16. The molecule has 0 aliphatic rings. The molecule has 3 N–H and O–H groups in total. The van der Waals surface area contributed by atoms with E-state index in [-0.39, 0.29) is 0 Å². The van der Waals surface area contributed by atoms with Crippen molar-refractivity contribution >= 4 is 46.5 Å². The maximum atomic E-state index is 6.16. The lowest BCUT2D eigenvalue weighted by Gasteiger charge is -2.15. The number of hydrogen-bond donors (Lipinski definition) is 3. The van der Waals surface area contributed by atoms with Crippen LogP contribution >= 0.6 is 23.8 Å². The highest BCUT2D eigenvalue weighted by Crippen LogP contribution is 2.20. The minimum atomic E-state index is 0.373. The number of aromatic nitrogens is 2. The van der Waals surface area contributed by atoms with E-state index < -0.39 is 0 Å². The summed E-state index contributed by atoms with van der Waals surface area (Å²) >= 11 is 11.5. The molecule has 0 radical (unpaired) electrons. The van der Waals surface area contributed by atoms with E-state index in [0.717, 1.165) is 17.1 Å². The first-order valence-electron chi connectivity index (χ1n) is 8.30. The van der Waals surface area contributed by atoms with Crippen molar-refractivity contribution in [3.63, 3.8) is 0 Å². The second-order valence-corrected chi connectivity index (χ2v) is 7.06. The van der Waals surface area contributed by atoms with Crippen LogP contribution in [0, 0.1) is 19.8 Å². The van der Waals surface area contributed by atoms with Crippen LogP contribution in [0.2, 0.25) is 5.02 Å². The van der Waals surface area contributed by atoms with Gasteiger partial charge in [-0.3, -0.25) is 10.3 Å². The van der Waals surface area contributed by atoms with Crippen molar-refractivity contribution < 1.29 is 0 Å². The fraction of sp³-hybridized carbons (Fsp3) is 0.333. The van der Waals surface area contributed by atoms with E-state index in [4.69, 9.17) is 23.8 Å². The highest BCUT2D eigenvalue weighted by Gasteiger charge is 2.08. The number of halogens is 1. The molecular weight excluding hydrogens is 368 g/mol. The number of anilines is 2. The quantitative estimate of drug-likeness (QED) is 0.413. The van der Waals surface area contributed by atoms with E-state index in [1.54, 1.807) is 6.07 Å². The first kappa shape index (κ1) is 20.1. The predicted molar refractivity (Wildman–Crippen MR) is 113 cm³/mol. The molecule has 0 aliphatic heterocycles. The summed E-state index contributed by atoms with van der Waals surface area (Å²) in [5.41, 5.74) is 2.47. The van der Waals surface area contributed by atoms with E-state index in [1.165, 1.54) is 0 Å². The summed E-state index contributed by atoms with van der Waals surface area (Å²) in [7, 11) is 0. The number of aryl methyl sites for hydroxylation is 2. The minimum absolute atomic E-state index is 0.373. The molecule has 1 aromatic carbocycles. The molecule has 138 valence electrons. The van der Waals surface area contributed by atoms with Gasteiger partial charge in [0.25, 0.3) is 0 Å². The molecular formula is C18H23ClN6S. The summed E-state index contributed by atoms with van der Waals surface area (Å²) in [5.74, 6) is 1.35. The van der Waals surface area contributed by atoms with Crippen LogP contribution in [0.15, 0.2) is 35.3 Å². The molecule has 0 saturated heterocycles. The number of nitrogens with zero attached hydrogens (tertiary/aromatic N) is 3. The molecule has 0 spiro atoms. The monoisotopic (exact) mass is 390 g/mol. The molecule has 0 fully saturated rings. The summed E-state index contributed by atoms with van der Waals surface area (Å²) < 4.78 is 0. The Bertz CT molecular complexity index is 786. The molecule has 6 nitrogen and oxygen atoms in total. The van der Waals surface area contributed by atoms with Gasteiger partial charge in [0.15, 0.2) is 5.11 Å². The lowest BCUT2D eigenvalue weighted by atomic mass is 10.2. The van der Waals surface area contributed by atoms with Crippen LogP contribution in [0.3, 0.4) is 0 Å². The van der Waals surface area contributed by atoms with Crippen LogP contribution in [0.1, 0.15) is 25.2 Å². The Hall–Kier alpha value is -2.25. The molecule has 0 aliphatic carbocycles. The number of para-hydroxylation sites is 1. The van der Waals surface area contributed by atoms with Crippen molar-refractivity contribution in [3.8, 4) is 0 Å². The lowest BCUT2D eigenvalue weighted by Crippen LogP contribution is -2.39. The van der Waals surface area contributed by atoms with Gasteiger partial charge in [-0.2, -0.15) is 0 Å². The number of nitrogens with one attached hydrogen (secondary N) is 3. The van der Waals surface area contributed by atoms with Crippen LogP contribution in [0.25, 0.3) is 0 Å². The molecule has 8 heteroatoms. The van der Waals surface area contributed by atoms with Crippen LogP contribution in [0.4, 0.5) is 11.6 Å². The Morgan fingerprint density at radius 2 is 1.81 bits per heavy atom. The lowest BCUT2D eigenvalue weighted by molar-refractivity contribution is 0.664. The van der Waals surface area contributed by atoms with Crippen LogP contribution < -0.4 is 16.0 Å². The number of hydrogen-bond acceptors (Lipinski definition) is 4. The molecule has 0 bridgehead atoms. The SMILES string of the molecule is Cc1cc(C)nc(NC(=NCC(C)C)NC(=S)Nc2ccccc2Cl)n1. The molecule has 2 aromatic rings. The third-order valence-electron chi connectivity index (χ3n) is 3.18. The number of rotatable bonds is 4. The Labute approximate surface area is 164 Å². The first-order chi connectivity index (χ1) is 12.3. The standard InChI is InChI=1S/C18H23ClN6S/c1-11(2)10-20-16(24-17-21-12(3)9-13(4)22-17)25-18(26)23-15-8-6-5-7-14(15)19/h5-9,11H,10H2,1-4H3,(H3,20,21,22,23,24,25,26). The van der Waals surface area contributed by atoms with E-state index in [1.807, 2.05) is 38.1 Å². The zero-order valence-corrected chi connectivity index (χ0v) is 16.9. The van der Waals surface area contributed by atoms with Gasteiger partial charge in [0.1, 0.15) is 0 Å². The number of thiocarbonyl (C=S) groups is 1. The van der Waals surface area contributed by atoms with E-state index in [9.17, 15) is 0 Å². The molecule has 0 saturated carbocycles.